The molecular formula is C13H24O5. The minimum absolute atomic E-state index is 0.0459. The Labute approximate surface area is 108 Å². The van der Waals surface area contributed by atoms with Crippen LogP contribution >= 0.6 is 0 Å². The molecule has 0 spiro atoms. The van der Waals surface area contributed by atoms with Crippen molar-refractivity contribution in [3.05, 3.63) is 0 Å². The van der Waals surface area contributed by atoms with Gasteiger partial charge in [0.2, 0.25) is 0 Å². The highest BCUT2D eigenvalue weighted by atomic mass is 16.5. The summed E-state index contributed by atoms with van der Waals surface area (Å²) >= 11 is 0. The molecule has 18 heavy (non-hydrogen) atoms. The van der Waals surface area contributed by atoms with Gasteiger partial charge in [-0.05, 0) is 41.5 Å². The quantitative estimate of drug-likeness (QED) is 0.711. The summed E-state index contributed by atoms with van der Waals surface area (Å²) < 4.78 is 10.6. The first kappa shape index (κ1) is 16.9. The van der Waals surface area contributed by atoms with E-state index < -0.39 is 17.0 Å². The molecule has 0 rings (SSSR count). The van der Waals surface area contributed by atoms with E-state index in [1.807, 2.05) is 0 Å². The molecule has 0 atom stereocenters. The maximum absolute atomic E-state index is 11.5. The Hall–Kier alpha value is -1.10. The van der Waals surface area contributed by atoms with Crippen LogP contribution in [0.2, 0.25) is 0 Å². The van der Waals surface area contributed by atoms with Gasteiger partial charge in [0.25, 0.3) is 0 Å². The highest BCUT2D eigenvalue weighted by Gasteiger charge is 2.32. The fourth-order valence-corrected chi connectivity index (χ4v) is 1.14. The van der Waals surface area contributed by atoms with Crippen LogP contribution < -0.4 is 0 Å². The molecule has 0 aliphatic rings. The highest BCUT2D eigenvalue weighted by Crippen LogP contribution is 2.22. The summed E-state index contributed by atoms with van der Waals surface area (Å²) in [5.74, 6) is -1.27. The van der Waals surface area contributed by atoms with Gasteiger partial charge in [-0.3, -0.25) is 9.59 Å². The average molecular weight is 260 g/mol. The van der Waals surface area contributed by atoms with E-state index in [0.29, 0.717) is 0 Å². The Morgan fingerprint density at radius 2 is 1.67 bits per heavy atom. The molecule has 0 heterocycles. The van der Waals surface area contributed by atoms with Gasteiger partial charge in [-0.25, -0.2) is 0 Å². The topological polar surface area (TPSA) is 72.8 Å². The fraction of sp³-hybridized carbons (Fsp3) is 0.846. The van der Waals surface area contributed by atoms with Crippen molar-refractivity contribution in [3.63, 3.8) is 0 Å². The van der Waals surface area contributed by atoms with Crippen LogP contribution in [0.3, 0.4) is 0 Å². The molecular weight excluding hydrogens is 236 g/mol. The zero-order chi connectivity index (χ0) is 14.6. The molecule has 0 aromatic heterocycles. The van der Waals surface area contributed by atoms with E-state index in [2.05, 4.69) is 0 Å². The van der Waals surface area contributed by atoms with E-state index >= 15 is 0 Å². The first-order chi connectivity index (χ1) is 7.96. The predicted octanol–water partition coefficient (Wildman–Crippen LogP) is 2.23. The number of aliphatic carboxylic acids is 1. The van der Waals surface area contributed by atoms with Gasteiger partial charge < -0.3 is 14.6 Å². The van der Waals surface area contributed by atoms with E-state index in [4.69, 9.17) is 14.6 Å². The highest BCUT2D eigenvalue weighted by molar-refractivity contribution is 5.73. The number of carboxylic acid groups (broad SMARTS) is 1. The van der Waals surface area contributed by atoms with Crippen LogP contribution in [0.5, 0.6) is 0 Å². The number of hydrogen-bond donors (Lipinski definition) is 1. The minimum Gasteiger partial charge on any atom is -0.481 e. The molecule has 0 amide bonds. The lowest BCUT2D eigenvalue weighted by Crippen LogP contribution is -2.37. The molecule has 0 saturated heterocycles. The number of esters is 1. The lowest BCUT2D eigenvalue weighted by molar-refractivity contribution is -0.160. The average Bonchev–Trinajstić information content (AvgIpc) is 2.12. The second kappa shape index (κ2) is 6.18. The Balaban J connectivity index is 4.32. The van der Waals surface area contributed by atoms with Crippen molar-refractivity contribution < 1.29 is 24.2 Å². The van der Waals surface area contributed by atoms with Crippen molar-refractivity contribution in [2.45, 2.75) is 59.7 Å². The predicted molar refractivity (Wildman–Crippen MR) is 67.3 cm³/mol. The molecule has 5 nitrogen and oxygen atoms in total. The van der Waals surface area contributed by atoms with Gasteiger partial charge in [0, 0.05) is 0 Å². The van der Waals surface area contributed by atoms with Crippen LogP contribution in [-0.4, -0.2) is 35.4 Å². The maximum Gasteiger partial charge on any atom is 0.311 e. The van der Waals surface area contributed by atoms with Crippen LogP contribution in [0.15, 0.2) is 0 Å². The third kappa shape index (κ3) is 6.59. The van der Waals surface area contributed by atoms with Crippen molar-refractivity contribution in [2.75, 3.05) is 6.61 Å². The molecule has 1 N–H and O–H groups in total. The standard InChI is InChI=1S/C13H24O5/c1-9(2)18-10(14)7-13(5,6)17-8-12(3,4)11(15)16/h9H,7-8H2,1-6H3,(H,15,16). The van der Waals surface area contributed by atoms with Crippen molar-refractivity contribution in [2.24, 2.45) is 5.41 Å². The second-order valence-electron chi connectivity index (χ2n) is 5.95. The first-order valence-corrected chi connectivity index (χ1v) is 6.03. The molecule has 0 aliphatic heterocycles. The molecule has 0 saturated carbocycles. The maximum atomic E-state index is 11.5. The van der Waals surface area contributed by atoms with Crippen LogP contribution in [0.25, 0.3) is 0 Å². The Morgan fingerprint density at radius 3 is 2.06 bits per heavy atom. The van der Waals surface area contributed by atoms with E-state index in [0.717, 1.165) is 0 Å². The van der Waals surface area contributed by atoms with Gasteiger partial charge in [-0.2, -0.15) is 0 Å². The molecule has 0 bridgehead atoms. The Kier molecular flexibility index (Phi) is 5.80. The van der Waals surface area contributed by atoms with Gasteiger partial charge in [-0.1, -0.05) is 0 Å². The summed E-state index contributed by atoms with van der Waals surface area (Å²) in [6, 6.07) is 0. The molecule has 0 radical (unpaired) electrons. The van der Waals surface area contributed by atoms with Crippen LogP contribution in [0.4, 0.5) is 0 Å². The van der Waals surface area contributed by atoms with E-state index in [-0.39, 0.29) is 25.1 Å². The second-order valence-corrected chi connectivity index (χ2v) is 5.95. The van der Waals surface area contributed by atoms with Gasteiger partial charge in [0.1, 0.15) is 0 Å². The molecule has 106 valence electrons. The van der Waals surface area contributed by atoms with Gasteiger partial charge in [0.05, 0.1) is 30.1 Å². The number of carboxylic acids is 1. The van der Waals surface area contributed by atoms with Crippen LogP contribution in [-0.2, 0) is 19.1 Å². The monoisotopic (exact) mass is 260 g/mol. The van der Waals surface area contributed by atoms with Gasteiger partial charge in [-0.15, -0.1) is 0 Å². The van der Waals surface area contributed by atoms with Crippen molar-refractivity contribution >= 4 is 11.9 Å². The first-order valence-electron chi connectivity index (χ1n) is 6.03. The summed E-state index contributed by atoms with van der Waals surface area (Å²) in [4.78, 5) is 22.4. The molecule has 0 aliphatic carbocycles. The van der Waals surface area contributed by atoms with Crippen molar-refractivity contribution in [1.82, 2.24) is 0 Å². The van der Waals surface area contributed by atoms with E-state index in [1.165, 1.54) is 0 Å². The summed E-state index contributed by atoms with van der Waals surface area (Å²) in [6.45, 7) is 10.2. The molecule has 5 heteroatoms. The van der Waals surface area contributed by atoms with E-state index in [1.54, 1.807) is 41.5 Å². The van der Waals surface area contributed by atoms with Gasteiger partial charge >= 0.3 is 11.9 Å². The van der Waals surface area contributed by atoms with Crippen LogP contribution in [0, 0.1) is 5.41 Å². The Bertz CT molecular complexity index is 305. The van der Waals surface area contributed by atoms with Crippen molar-refractivity contribution in [1.29, 1.82) is 0 Å². The molecule has 0 unspecified atom stereocenters. The van der Waals surface area contributed by atoms with Crippen LogP contribution in [0.1, 0.15) is 48.0 Å². The number of rotatable bonds is 7. The molecule has 0 aromatic rings. The largest absolute Gasteiger partial charge is 0.481 e. The number of carbonyl (C=O) groups is 2. The summed E-state index contributed by atoms with van der Waals surface area (Å²) in [5, 5.41) is 8.97. The third-order valence-corrected chi connectivity index (χ3v) is 2.34. The van der Waals surface area contributed by atoms with E-state index in [9.17, 15) is 9.59 Å². The molecule has 0 fully saturated rings. The number of carbonyl (C=O) groups excluding carboxylic acids is 1. The third-order valence-electron chi connectivity index (χ3n) is 2.34. The summed E-state index contributed by atoms with van der Waals surface area (Å²) in [7, 11) is 0. The zero-order valence-electron chi connectivity index (χ0n) is 12.1. The normalized spacial score (nSPS) is 12.6. The lowest BCUT2D eigenvalue weighted by Gasteiger charge is -2.29. The lowest BCUT2D eigenvalue weighted by atomic mass is 9.94. The minimum atomic E-state index is -0.973. The van der Waals surface area contributed by atoms with Gasteiger partial charge in [0.15, 0.2) is 0 Å². The number of ether oxygens (including phenoxy) is 2. The fourth-order valence-electron chi connectivity index (χ4n) is 1.14. The molecule has 0 aromatic carbocycles. The summed E-state index contributed by atoms with van der Waals surface area (Å²) in [5.41, 5.74) is -1.71. The van der Waals surface area contributed by atoms with Crippen molar-refractivity contribution in [3.8, 4) is 0 Å². The Morgan fingerprint density at radius 1 is 1.17 bits per heavy atom. The number of hydrogen-bond acceptors (Lipinski definition) is 4. The zero-order valence-corrected chi connectivity index (χ0v) is 12.1. The SMILES string of the molecule is CC(C)OC(=O)CC(C)(C)OCC(C)(C)C(=O)O. The smallest absolute Gasteiger partial charge is 0.311 e. The summed E-state index contributed by atoms with van der Waals surface area (Å²) in [6.07, 6.45) is -0.0651.